The Labute approximate surface area is 123 Å². The fourth-order valence-corrected chi connectivity index (χ4v) is 3.67. The number of hydrogen-bond donors (Lipinski definition) is 1. The second kappa shape index (κ2) is 5.54. The molecule has 0 saturated carbocycles. The number of rotatable bonds is 4. The van der Waals surface area contributed by atoms with Crippen molar-refractivity contribution >= 4 is 26.9 Å². The van der Waals surface area contributed by atoms with Crippen molar-refractivity contribution in [3.05, 3.63) is 39.7 Å². The third-order valence-corrected chi connectivity index (χ3v) is 5.03. The van der Waals surface area contributed by atoms with Gasteiger partial charge in [-0.05, 0) is 44.5 Å². The van der Waals surface area contributed by atoms with Gasteiger partial charge in [0.1, 0.15) is 0 Å². The van der Waals surface area contributed by atoms with Gasteiger partial charge >= 0.3 is 0 Å². The van der Waals surface area contributed by atoms with Gasteiger partial charge in [-0.15, -0.1) is 11.3 Å². The zero-order valence-electron chi connectivity index (χ0n) is 12.0. The first-order valence-corrected chi connectivity index (χ1v) is 8.98. The van der Waals surface area contributed by atoms with E-state index >= 15 is 0 Å². The van der Waals surface area contributed by atoms with Crippen molar-refractivity contribution in [3.8, 4) is 0 Å². The van der Waals surface area contributed by atoms with Gasteiger partial charge in [0.05, 0.1) is 11.9 Å². The molecule has 2 rings (SSSR count). The van der Waals surface area contributed by atoms with Gasteiger partial charge in [0.2, 0.25) is 0 Å². The Morgan fingerprint density at radius 2 is 2.00 bits per heavy atom. The van der Waals surface area contributed by atoms with Crippen LogP contribution in [0.25, 0.3) is 0 Å². The summed E-state index contributed by atoms with van der Waals surface area (Å²) in [7, 11) is -3.24. The molecule has 1 unspecified atom stereocenters. The first-order chi connectivity index (χ1) is 9.27. The molecule has 2 aromatic heterocycles. The van der Waals surface area contributed by atoms with E-state index in [9.17, 15) is 8.42 Å². The Hall–Kier alpha value is -1.40. The molecule has 0 amide bonds. The highest BCUT2D eigenvalue weighted by Crippen LogP contribution is 2.28. The summed E-state index contributed by atoms with van der Waals surface area (Å²) in [6.07, 6.45) is 2.71. The van der Waals surface area contributed by atoms with Gasteiger partial charge in [0.15, 0.2) is 14.9 Å². The largest absolute Gasteiger partial charge is 0.377 e. The number of thiophene rings is 1. The number of aromatic nitrogens is 1. The number of pyridine rings is 1. The smallest absolute Gasteiger partial charge is 0.192 e. The number of sulfone groups is 1. The van der Waals surface area contributed by atoms with Crippen molar-refractivity contribution in [3.63, 3.8) is 0 Å². The standard InChI is InChI=1S/C14H18N2O2S2/c1-9-7-13(11(3)19-9)10(2)16-12-5-6-14(15-8-12)20(4,17)18/h5-8,10,16H,1-4H3. The summed E-state index contributed by atoms with van der Waals surface area (Å²) in [5.74, 6) is 0. The highest BCUT2D eigenvalue weighted by atomic mass is 32.2. The number of aryl methyl sites for hydroxylation is 2. The van der Waals surface area contributed by atoms with Gasteiger partial charge in [-0.25, -0.2) is 13.4 Å². The molecule has 6 heteroatoms. The lowest BCUT2D eigenvalue weighted by atomic mass is 10.1. The van der Waals surface area contributed by atoms with E-state index in [1.807, 2.05) is 0 Å². The summed E-state index contributed by atoms with van der Waals surface area (Å²) >= 11 is 1.78. The summed E-state index contributed by atoms with van der Waals surface area (Å²) in [4.78, 5) is 6.56. The summed E-state index contributed by atoms with van der Waals surface area (Å²) in [5.41, 5.74) is 2.08. The average Bonchev–Trinajstić information content (AvgIpc) is 2.68. The Balaban J connectivity index is 2.16. The molecule has 0 aliphatic carbocycles. The second-order valence-corrected chi connectivity index (χ2v) is 8.31. The molecule has 1 atom stereocenters. The molecule has 2 heterocycles. The molecule has 0 bridgehead atoms. The topological polar surface area (TPSA) is 59.1 Å². The normalized spacial score (nSPS) is 13.2. The summed E-state index contributed by atoms with van der Waals surface area (Å²) < 4.78 is 22.7. The Morgan fingerprint density at radius 1 is 1.30 bits per heavy atom. The number of hydrogen-bond acceptors (Lipinski definition) is 5. The molecule has 0 aromatic carbocycles. The van der Waals surface area contributed by atoms with Crippen molar-refractivity contribution in [2.45, 2.75) is 31.8 Å². The van der Waals surface area contributed by atoms with Crippen LogP contribution in [0.3, 0.4) is 0 Å². The Bertz CT molecular complexity index is 703. The molecule has 0 spiro atoms. The van der Waals surface area contributed by atoms with Crippen LogP contribution in [-0.2, 0) is 9.84 Å². The summed E-state index contributed by atoms with van der Waals surface area (Å²) in [6.45, 7) is 6.28. The predicted molar refractivity (Wildman–Crippen MR) is 83.2 cm³/mol. The Kier molecular flexibility index (Phi) is 4.15. The molecule has 20 heavy (non-hydrogen) atoms. The van der Waals surface area contributed by atoms with Crippen LogP contribution >= 0.6 is 11.3 Å². The molecular weight excluding hydrogens is 292 g/mol. The summed E-state index contributed by atoms with van der Waals surface area (Å²) in [6, 6.07) is 5.60. The van der Waals surface area contributed by atoms with E-state index in [-0.39, 0.29) is 11.1 Å². The number of nitrogens with zero attached hydrogens (tertiary/aromatic N) is 1. The van der Waals surface area contributed by atoms with Gasteiger partial charge in [0, 0.05) is 22.1 Å². The molecular formula is C14H18N2O2S2. The molecule has 2 aromatic rings. The monoisotopic (exact) mass is 310 g/mol. The lowest BCUT2D eigenvalue weighted by molar-refractivity contribution is 0.598. The fraction of sp³-hybridized carbons (Fsp3) is 0.357. The van der Waals surface area contributed by atoms with Crippen molar-refractivity contribution in [2.24, 2.45) is 0 Å². The van der Waals surface area contributed by atoms with Crippen molar-refractivity contribution in [1.29, 1.82) is 0 Å². The zero-order valence-corrected chi connectivity index (χ0v) is 13.6. The minimum Gasteiger partial charge on any atom is -0.377 e. The van der Waals surface area contributed by atoms with Crippen molar-refractivity contribution in [1.82, 2.24) is 4.98 Å². The van der Waals surface area contributed by atoms with Crippen LogP contribution in [0.1, 0.15) is 28.3 Å². The Morgan fingerprint density at radius 3 is 2.45 bits per heavy atom. The van der Waals surface area contributed by atoms with E-state index in [1.165, 1.54) is 21.4 Å². The summed E-state index contributed by atoms with van der Waals surface area (Å²) in [5, 5.41) is 3.44. The van der Waals surface area contributed by atoms with E-state index in [1.54, 1.807) is 23.6 Å². The van der Waals surface area contributed by atoms with Crippen LogP contribution in [0.4, 0.5) is 5.69 Å². The van der Waals surface area contributed by atoms with Gasteiger partial charge in [0.25, 0.3) is 0 Å². The lowest BCUT2D eigenvalue weighted by Crippen LogP contribution is -2.08. The molecule has 0 radical (unpaired) electrons. The molecule has 1 N–H and O–H groups in total. The number of nitrogens with one attached hydrogen (secondary N) is 1. The van der Waals surface area contributed by atoms with E-state index in [4.69, 9.17) is 0 Å². The zero-order chi connectivity index (χ0) is 14.9. The third-order valence-electron chi connectivity index (χ3n) is 3.05. The van der Waals surface area contributed by atoms with Crippen molar-refractivity contribution < 1.29 is 8.42 Å². The first-order valence-electron chi connectivity index (χ1n) is 6.27. The van der Waals surface area contributed by atoms with Crippen LogP contribution in [0.2, 0.25) is 0 Å². The second-order valence-electron chi connectivity index (χ2n) is 4.89. The molecule has 0 saturated heterocycles. The highest BCUT2D eigenvalue weighted by Gasteiger charge is 2.12. The van der Waals surface area contributed by atoms with Gasteiger partial charge < -0.3 is 5.32 Å². The number of anilines is 1. The minimum atomic E-state index is -3.24. The SMILES string of the molecule is Cc1cc(C(C)Nc2ccc(S(C)(=O)=O)nc2)c(C)s1. The molecule has 108 valence electrons. The van der Waals surface area contributed by atoms with Crippen LogP contribution in [0.5, 0.6) is 0 Å². The fourth-order valence-electron chi connectivity index (χ4n) is 2.09. The van der Waals surface area contributed by atoms with E-state index in [2.05, 4.69) is 37.1 Å². The maximum atomic E-state index is 11.4. The van der Waals surface area contributed by atoms with Crippen LogP contribution in [0.15, 0.2) is 29.4 Å². The predicted octanol–water partition coefficient (Wildman–Crippen LogP) is 3.34. The molecule has 0 fully saturated rings. The highest BCUT2D eigenvalue weighted by molar-refractivity contribution is 7.90. The van der Waals surface area contributed by atoms with E-state index in [0.29, 0.717) is 0 Å². The molecule has 0 aliphatic rings. The first kappa shape index (κ1) is 15.0. The average molecular weight is 310 g/mol. The van der Waals surface area contributed by atoms with Crippen molar-refractivity contribution in [2.75, 3.05) is 11.6 Å². The van der Waals surface area contributed by atoms with Gasteiger partial charge in [-0.2, -0.15) is 0 Å². The quantitative estimate of drug-likeness (QED) is 0.941. The van der Waals surface area contributed by atoms with Gasteiger partial charge in [-0.3, -0.25) is 0 Å². The van der Waals surface area contributed by atoms with Crippen LogP contribution < -0.4 is 5.32 Å². The maximum Gasteiger partial charge on any atom is 0.192 e. The van der Waals surface area contributed by atoms with Crippen LogP contribution in [-0.4, -0.2) is 19.7 Å². The van der Waals surface area contributed by atoms with E-state index < -0.39 is 9.84 Å². The third kappa shape index (κ3) is 3.37. The minimum absolute atomic E-state index is 0.0956. The van der Waals surface area contributed by atoms with Crippen LogP contribution in [0, 0.1) is 13.8 Å². The lowest BCUT2D eigenvalue weighted by Gasteiger charge is -2.15. The van der Waals surface area contributed by atoms with Gasteiger partial charge in [-0.1, -0.05) is 0 Å². The molecule has 4 nitrogen and oxygen atoms in total. The van der Waals surface area contributed by atoms with E-state index in [0.717, 1.165) is 11.9 Å². The molecule has 0 aliphatic heterocycles. The maximum absolute atomic E-state index is 11.4.